The fourth-order valence-corrected chi connectivity index (χ4v) is 5.41. The van der Waals surface area contributed by atoms with E-state index in [9.17, 15) is 13.5 Å². The Kier molecular flexibility index (Phi) is 3.59. The molecule has 0 bridgehead atoms. The molecule has 0 amide bonds. The summed E-state index contributed by atoms with van der Waals surface area (Å²) in [5.41, 5.74) is 7.03. The van der Waals surface area contributed by atoms with Crippen molar-refractivity contribution in [1.29, 1.82) is 0 Å². The number of benzene rings is 2. The van der Waals surface area contributed by atoms with Crippen molar-refractivity contribution >= 4 is 9.84 Å². The van der Waals surface area contributed by atoms with Crippen molar-refractivity contribution < 1.29 is 13.5 Å². The summed E-state index contributed by atoms with van der Waals surface area (Å²) in [6, 6.07) is 15.9. The number of aryl methyl sites for hydroxylation is 1. The minimum atomic E-state index is -3.58. The van der Waals surface area contributed by atoms with Crippen molar-refractivity contribution in [3.8, 4) is 0 Å². The van der Waals surface area contributed by atoms with Gasteiger partial charge in [0.15, 0.2) is 9.84 Å². The lowest BCUT2D eigenvalue weighted by Crippen LogP contribution is -2.35. The van der Waals surface area contributed by atoms with Gasteiger partial charge >= 0.3 is 0 Å². The minimum absolute atomic E-state index is 0.248. The summed E-state index contributed by atoms with van der Waals surface area (Å²) in [6.07, 6.45) is 0. The van der Waals surface area contributed by atoms with Crippen molar-refractivity contribution in [2.45, 2.75) is 28.5 Å². The Morgan fingerprint density at radius 2 is 1.68 bits per heavy atom. The van der Waals surface area contributed by atoms with E-state index in [4.69, 9.17) is 5.73 Å². The van der Waals surface area contributed by atoms with Crippen molar-refractivity contribution in [3.63, 3.8) is 0 Å². The van der Waals surface area contributed by atoms with Gasteiger partial charge in [-0.05, 0) is 24.6 Å². The SMILES string of the molecule is Cc1ccc([C@@H]2[C@@H](S(=O)(=O)c3ccccc3)[C@]2(N)CO)cc1. The van der Waals surface area contributed by atoms with Crippen LogP contribution in [0.2, 0.25) is 0 Å². The van der Waals surface area contributed by atoms with Crippen LogP contribution in [0.4, 0.5) is 0 Å². The molecule has 1 fully saturated rings. The lowest BCUT2D eigenvalue weighted by molar-refractivity contribution is 0.253. The Hall–Kier alpha value is -1.69. The van der Waals surface area contributed by atoms with E-state index in [1.54, 1.807) is 30.3 Å². The number of rotatable bonds is 4. The summed E-state index contributed by atoms with van der Waals surface area (Å²) in [5, 5.41) is 8.85. The van der Waals surface area contributed by atoms with E-state index >= 15 is 0 Å². The van der Waals surface area contributed by atoms with Crippen LogP contribution < -0.4 is 5.73 Å². The average molecular weight is 317 g/mol. The Balaban J connectivity index is 2.02. The number of hydrogen-bond acceptors (Lipinski definition) is 4. The summed E-state index contributed by atoms with van der Waals surface area (Å²) in [6.45, 7) is 1.61. The average Bonchev–Trinajstić information content (AvgIpc) is 3.17. The zero-order valence-electron chi connectivity index (χ0n) is 12.3. The molecule has 3 N–H and O–H groups in total. The van der Waals surface area contributed by atoms with Crippen LogP contribution in [0.5, 0.6) is 0 Å². The van der Waals surface area contributed by atoms with Crippen LogP contribution in [0.15, 0.2) is 59.5 Å². The van der Waals surface area contributed by atoms with E-state index in [-0.39, 0.29) is 17.4 Å². The first-order chi connectivity index (χ1) is 10.4. The summed E-state index contributed by atoms with van der Waals surface area (Å²) in [4.78, 5) is 0.248. The van der Waals surface area contributed by atoms with E-state index < -0.39 is 20.6 Å². The zero-order valence-corrected chi connectivity index (χ0v) is 13.1. The largest absolute Gasteiger partial charge is 0.394 e. The molecule has 1 aliphatic carbocycles. The minimum Gasteiger partial charge on any atom is -0.394 e. The molecular formula is C17H19NO3S. The van der Waals surface area contributed by atoms with Crippen molar-refractivity contribution in [3.05, 3.63) is 65.7 Å². The fraction of sp³-hybridized carbons (Fsp3) is 0.294. The lowest BCUT2D eigenvalue weighted by atomic mass is 10.1. The highest BCUT2D eigenvalue weighted by molar-refractivity contribution is 7.92. The topological polar surface area (TPSA) is 80.4 Å². The highest BCUT2D eigenvalue weighted by Crippen LogP contribution is 2.55. The van der Waals surface area contributed by atoms with Crippen LogP contribution in [-0.2, 0) is 9.84 Å². The number of hydrogen-bond donors (Lipinski definition) is 2. The monoisotopic (exact) mass is 317 g/mol. The molecule has 0 aromatic heterocycles. The van der Waals surface area contributed by atoms with Crippen molar-refractivity contribution in [2.24, 2.45) is 5.73 Å². The van der Waals surface area contributed by atoms with E-state index in [0.29, 0.717) is 0 Å². The Morgan fingerprint density at radius 1 is 1.09 bits per heavy atom. The first-order valence-corrected chi connectivity index (χ1v) is 8.71. The molecule has 0 heterocycles. The quantitative estimate of drug-likeness (QED) is 0.898. The molecule has 116 valence electrons. The molecule has 4 nitrogen and oxygen atoms in total. The van der Waals surface area contributed by atoms with Gasteiger partial charge in [-0.2, -0.15) is 0 Å². The molecule has 0 saturated heterocycles. The molecule has 22 heavy (non-hydrogen) atoms. The smallest absolute Gasteiger partial charge is 0.183 e. The predicted molar refractivity (Wildman–Crippen MR) is 85.3 cm³/mol. The molecule has 0 radical (unpaired) electrons. The van der Waals surface area contributed by atoms with Gasteiger partial charge in [0.25, 0.3) is 0 Å². The lowest BCUT2D eigenvalue weighted by Gasteiger charge is -2.08. The highest BCUT2D eigenvalue weighted by atomic mass is 32.2. The molecule has 0 aliphatic heterocycles. The third kappa shape index (κ3) is 2.26. The molecule has 2 aromatic rings. The molecule has 5 heteroatoms. The second kappa shape index (κ2) is 5.19. The van der Waals surface area contributed by atoms with Crippen molar-refractivity contribution in [1.82, 2.24) is 0 Å². The molecule has 1 saturated carbocycles. The Labute approximate surface area is 130 Å². The van der Waals surface area contributed by atoms with Gasteiger partial charge in [-0.3, -0.25) is 0 Å². The highest BCUT2D eigenvalue weighted by Gasteiger charge is 2.68. The third-order valence-corrected chi connectivity index (χ3v) is 6.73. The second-order valence-corrected chi connectivity index (χ2v) is 8.01. The molecule has 1 aliphatic rings. The first kappa shape index (κ1) is 15.2. The maximum absolute atomic E-state index is 12.8. The predicted octanol–water partition coefficient (Wildman–Crippen LogP) is 1.62. The fourth-order valence-electron chi connectivity index (χ4n) is 3.09. The zero-order chi connectivity index (χ0) is 16.0. The maximum atomic E-state index is 12.8. The normalized spacial score (nSPS) is 27.6. The van der Waals surface area contributed by atoms with E-state index in [2.05, 4.69) is 0 Å². The Morgan fingerprint density at radius 3 is 2.23 bits per heavy atom. The maximum Gasteiger partial charge on any atom is 0.183 e. The third-order valence-electron chi connectivity index (χ3n) is 4.42. The van der Waals surface area contributed by atoms with Gasteiger partial charge in [-0.25, -0.2) is 8.42 Å². The van der Waals surface area contributed by atoms with E-state index in [0.717, 1.165) is 11.1 Å². The number of sulfone groups is 1. The van der Waals surface area contributed by atoms with Gasteiger partial charge in [0.1, 0.15) is 0 Å². The molecule has 2 aromatic carbocycles. The van der Waals surface area contributed by atoms with Crippen LogP contribution in [0.25, 0.3) is 0 Å². The van der Waals surface area contributed by atoms with Gasteiger partial charge in [0, 0.05) is 5.92 Å². The molecule has 0 unspecified atom stereocenters. The second-order valence-electron chi connectivity index (χ2n) is 5.94. The van der Waals surface area contributed by atoms with Gasteiger partial charge in [-0.15, -0.1) is 0 Å². The van der Waals surface area contributed by atoms with Gasteiger partial charge in [0.2, 0.25) is 0 Å². The molecular weight excluding hydrogens is 298 g/mol. The summed E-state index contributed by atoms with van der Waals surface area (Å²) < 4.78 is 25.7. The number of aliphatic hydroxyl groups is 1. The summed E-state index contributed by atoms with van der Waals surface area (Å²) >= 11 is 0. The number of aliphatic hydroxyl groups excluding tert-OH is 1. The standard InChI is InChI=1S/C17H19NO3S/c1-12-7-9-13(10-8-12)15-16(17(15,18)11-19)22(20,21)14-5-3-2-4-6-14/h2-10,15-16,19H,11,18H2,1H3/t15-,16-,17+/m1/s1. The van der Waals surface area contributed by atoms with E-state index in [1.807, 2.05) is 31.2 Å². The number of nitrogens with two attached hydrogens (primary N) is 1. The first-order valence-electron chi connectivity index (χ1n) is 7.16. The molecule has 3 atom stereocenters. The molecule has 0 spiro atoms. The van der Waals surface area contributed by atoms with Crippen LogP contribution >= 0.6 is 0 Å². The summed E-state index contributed by atoms with van der Waals surface area (Å²) in [7, 11) is -3.58. The molecule has 3 rings (SSSR count). The van der Waals surface area contributed by atoms with Crippen LogP contribution in [-0.4, -0.2) is 30.9 Å². The van der Waals surface area contributed by atoms with Gasteiger partial charge < -0.3 is 10.8 Å². The van der Waals surface area contributed by atoms with Gasteiger partial charge in [-0.1, -0.05) is 48.0 Å². The van der Waals surface area contributed by atoms with Crippen LogP contribution in [0.1, 0.15) is 17.0 Å². The van der Waals surface area contributed by atoms with Crippen LogP contribution in [0, 0.1) is 6.92 Å². The van der Waals surface area contributed by atoms with Crippen LogP contribution in [0.3, 0.4) is 0 Å². The van der Waals surface area contributed by atoms with E-state index in [1.165, 1.54) is 0 Å². The Bertz CT molecular complexity index is 771. The van der Waals surface area contributed by atoms with Crippen molar-refractivity contribution in [2.75, 3.05) is 6.61 Å². The summed E-state index contributed by atoms with van der Waals surface area (Å²) in [5.74, 6) is -0.386. The van der Waals surface area contributed by atoms with Gasteiger partial charge in [0.05, 0.1) is 22.3 Å².